The molecule has 3 atom stereocenters. The lowest BCUT2D eigenvalue weighted by Crippen LogP contribution is -2.42. The van der Waals surface area contributed by atoms with E-state index in [9.17, 15) is 14.4 Å². The maximum Gasteiger partial charge on any atom is 0.307 e. The molecular weight excluding hydrogens is 332 g/mol. The molecule has 2 N–H and O–H groups in total. The van der Waals surface area contributed by atoms with Gasteiger partial charge in [0.15, 0.2) is 0 Å². The topological polar surface area (TPSA) is 86.7 Å². The Balaban J connectivity index is 1.68. The highest BCUT2D eigenvalue weighted by molar-refractivity contribution is 5.98. The van der Waals surface area contributed by atoms with E-state index < -0.39 is 17.8 Å². The number of nitrogens with zero attached hydrogens (tertiary/aromatic N) is 1. The zero-order valence-electron chi connectivity index (χ0n) is 15.3. The number of carbonyl (C=O) groups is 3. The number of amides is 2. The van der Waals surface area contributed by atoms with Gasteiger partial charge < -0.3 is 15.3 Å². The lowest BCUT2D eigenvalue weighted by atomic mass is 9.73. The number of hydrogen-bond donors (Lipinski definition) is 2. The number of rotatable bonds is 4. The molecule has 3 unspecified atom stereocenters. The smallest absolute Gasteiger partial charge is 0.307 e. The molecule has 140 valence electrons. The molecule has 1 saturated heterocycles. The number of aryl methyl sites for hydroxylation is 1. The van der Waals surface area contributed by atoms with Gasteiger partial charge in [0, 0.05) is 23.8 Å². The molecule has 26 heavy (non-hydrogen) atoms. The van der Waals surface area contributed by atoms with Crippen LogP contribution in [0.2, 0.25) is 0 Å². The monoisotopic (exact) mass is 358 g/mol. The third-order valence-corrected chi connectivity index (χ3v) is 5.72. The standard InChI is InChI=1S/C20H26N2O4/c1-12-11-14(19(24)22-10-4-3-5-13(22)2)6-9-17(12)21-18(23)15-7-8-16(15)20(25)26/h6,9,11,13,15-16H,3-5,7-8,10H2,1-2H3,(H,21,23)(H,25,26). The van der Waals surface area contributed by atoms with Crippen LogP contribution >= 0.6 is 0 Å². The molecule has 0 aromatic heterocycles. The zero-order chi connectivity index (χ0) is 18.8. The SMILES string of the molecule is Cc1cc(C(=O)N2CCCCC2C)ccc1NC(=O)C1CCC1C(=O)O. The van der Waals surface area contributed by atoms with E-state index in [1.54, 1.807) is 18.2 Å². The number of carboxylic acid groups (broad SMARTS) is 1. The Labute approximate surface area is 153 Å². The molecule has 1 aromatic rings. The van der Waals surface area contributed by atoms with Crippen LogP contribution in [-0.4, -0.2) is 40.4 Å². The average molecular weight is 358 g/mol. The zero-order valence-corrected chi connectivity index (χ0v) is 15.3. The van der Waals surface area contributed by atoms with Gasteiger partial charge in [-0.25, -0.2) is 0 Å². The van der Waals surface area contributed by atoms with E-state index >= 15 is 0 Å². The number of aliphatic carboxylic acids is 1. The first-order valence-electron chi connectivity index (χ1n) is 9.33. The first kappa shape index (κ1) is 18.4. The molecule has 1 saturated carbocycles. The number of piperidine rings is 1. The van der Waals surface area contributed by atoms with Crippen LogP contribution in [0.5, 0.6) is 0 Å². The first-order chi connectivity index (χ1) is 12.4. The van der Waals surface area contributed by atoms with Gasteiger partial charge in [0.2, 0.25) is 5.91 Å². The molecule has 1 aliphatic carbocycles. The normalized spacial score (nSPS) is 25.3. The van der Waals surface area contributed by atoms with Crippen molar-refractivity contribution in [1.82, 2.24) is 4.90 Å². The lowest BCUT2D eigenvalue weighted by Gasteiger charge is -2.33. The van der Waals surface area contributed by atoms with Crippen molar-refractivity contribution in [1.29, 1.82) is 0 Å². The van der Waals surface area contributed by atoms with Gasteiger partial charge in [-0.2, -0.15) is 0 Å². The highest BCUT2D eigenvalue weighted by Crippen LogP contribution is 2.35. The second-order valence-electron chi connectivity index (χ2n) is 7.49. The minimum absolute atomic E-state index is 0.0307. The first-order valence-corrected chi connectivity index (χ1v) is 9.33. The van der Waals surface area contributed by atoms with Gasteiger partial charge in [-0.1, -0.05) is 0 Å². The summed E-state index contributed by atoms with van der Waals surface area (Å²) in [4.78, 5) is 38.1. The van der Waals surface area contributed by atoms with E-state index in [-0.39, 0.29) is 17.9 Å². The molecule has 1 heterocycles. The summed E-state index contributed by atoms with van der Waals surface area (Å²) >= 11 is 0. The van der Waals surface area contributed by atoms with Gasteiger partial charge in [0.1, 0.15) is 0 Å². The van der Waals surface area contributed by atoms with Gasteiger partial charge in [-0.15, -0.1) is 0 Å². The van der Waals surface area contributed by atoms with Crippen LogP contribution in [-0.2, 0) is 9.59 Å². The Morgan fingerprint density at radius 2 is 1.85 bits per heavy atom. The van der Waals surface area contributed by atoms with Gasteiger partial charge >= 0.3 is 5.97 Å². The van der Waals surface area contributed by atoms with E-state index in [2.05, 4.69) is 12.2 Å². The van der Waals surface area contributed by atoms with Crippen LogP contribution in [0.4, 0.5) is 5.69 Å². The average Bonchev–Trinajstić information content (AvgIpc) is 2.55. The number of benzene rings is 1. The fraction of sp³-hybridized carbons (Fsp3) is 0.550. The van der Waals surface area contributed by atoms with Crippen molar-refractivity contribution in [3.05, 3.63) is 29.3 Å². The Kier molecular flexibility index (Phi) is 5.30. The van der Waals surface area contributed by atoms with Crippen molar-refractivity contribution in [2.75, 3.05) is 11.9 Å². The summed E-state index contributed by atoms with van der Waals surface area (Å²) in [5, 5.41) is 11.9. The summed E-state index contributed by atoms with van der Waals surface area (Å²) in [6, 6.07) is 5.53. The predicted octanol–water partition coefficient (Wildman–Crippen LogP) is 3.06. The van der Waals surface area contributed by atoms with Crippen molar-refractivity contribution in [2.45, 2.75) is 52.0 Å². The maximum absolute atomic E-state index is 12.8. The molecule has 1 aliphatic heterocycles. The highest BCUT2D eigenvalue weighted by atomic mass is 16.4. The molecule has 0 spiro atoms. The van der Waals surface area contributed by atoms with E-state index in [0.29, 0.717) is 24.1 Å². The number of likely N-dealkylation sites (tertiary alicyclic amines) is 1. The largest absolute Gasteiger partial charge is 0.481 e. The summed E-state index contributed by atoms with van der Waals surface area (Å²) < 4.78 is 0. The van der Waals surface area contributed by atoms with Crippen molar-refractivity contribution in [3.63, 3.8) is 0 Å². The maximum atomic E-state index is 12.8. The fourth-order valence-electron chi connectivity index (χ4n) is 3.84. The third kappa shape index (κ3) is 3.59. The van der Waals surface area contributed by atoms with Gasteiger partial charge in [0.05, 0.1) is 11.8 Å². The van der Waals surface area contributed by atoms with Crippen LogP contribution in [0.15, 0.2) is 18.2 Å². The number of carboxylic acids is 1. The summed E-state index contributed by atoms with van der Waals surface area (Å²) in [5.41, 5.74) is 2.07. The second kappa shape index (κ2) is 7.48. The number of hydrogen-bond acceptors (Lipinski definition) is 3. The predicted molar refractivity (Wildman–Crippen MR) is 98.0 cm³/mol. The summed E-state index contributed by atoms with van der Waals surface area (Å²) in [5.74, 6) is -2.19. The van der Waals surface area contributed by atoms with Crippen molar-refractivity contribution in [2.24, 2.45) is 11.8 Å². The van der Waals surface area contributed by atoms with E-state index in [1.807, 2.05) is 11.8 Å². The van der Waals surface area contributed by atoms with Crippen molar-refractivity contribution in [3.8, 4) is 0 Å². The molecule has 6 nitrogen and oxygen atoms in total. The van der Waals surface area contributed by atoms with E-state index in [0.717, 1.165) is 31.4 Å². The molecule has 6 heteroatoms. The minimum Gasteiger partial charge on any atom is -0.481 e. The summed E-state index contributed by atoms with van der Waals surface area (Å²) in [6.07, 6.45) is 4.38. The van der Waals surface area contributed by atoms with Gasteiger partial charge in [-0.05, 0) is 69.7 Å². The van der Waals surface area contributed by atoms with Crippen LogP contribution in [0.25, 0.3) is 0 Å². The molecule has 0 radical (unpaired) electrons. The summed E-state index contributed by atoms with van der Waals surface area (Å²) in [7, 11) is 0. The Morgan fingerprint density at radius 3 is 2.42 bits per heavy atom. The van der Waals surface area contributed by atoms with Gasteiger partial charge in [0.25, 0.3) is 5.91 Å². The Morgan fingerprint density at radius 1 is 1.12 bits per heavy atom. The number of carbonyl (C=O) groups excluding carboxylic acids is 2. The highest BCUT2D eigenvalue weighted by Gasteiger charge is 2.41. The number of nitrogens with one attached hydrogen (secondary N) is 1. The van der Waals surface area contributed by atoms with Crippen LogP contribution in [0.3, 0.4) is 0 Å². The molecule has 1 aromatic carbocycles. The molecular formula is C20H26N2O4. The van der Waals surface area contributed by atoms with Crippen LogP contribution in [0, 0.1) is 18.8 Å². The van der Waals surface area contributed by atoms with E-state index in [4.69, 9.17) is 5.11 Å². The molecule has 0 bridgehead atoms. The Bertz CT molecular complexity index is 731. The minimum atomic E-state index is -0.912. The van der Waals surface area contributed by atoms with Gasteiger partial charge in [-0.3, -0.25) is 14.4 Å². The van der Waals surface area contributed by atoms with Crippen molar-refractivity contribution >= 4 is 23.5 Å². The second-order valence-corrected chi connectivity index (χ2v) is 7.49. The fourth-order valence-corrected chi connectivity index (χ4v) is 3.84. The molecule has 2 amide bonds. The molecule has 2 aliphatic rings. The van der Waals surface area contributed by atoms with Crippen molar-refractivity contribution < 1.29 is 19.5 Å². The van der Waals surface area contributed by atoms with Crippen LogP contribution in [0.1, 0.15) is 54.9 Å². The third-order valence-electron chi connectivity index (χ3n) is 5.72. The number of anilines is 1. The lowest BCUT2D eigenvalue weighted by molar-refractivity contribution is -0.151. The van der Waals surface area contributed by atoms with Crippen LogP contribution < -0.4 is 5.32 Å². The quantitative estimate of drug-likeness (QED) is 0.866. The molecule has 2 fully saturated rings. The molecule has 3 rings (SSSR count). The van der Waals surface area contributed by atoms with E-state index in [1.165, 1.54) is 0 Å². The Hall–Kier alpha value is -2.37. The summed E-state index contributed by atoms with van der Waals surface area (Å²) in [6.45, 7) is 4.72.